The van der Waals surface area contributed by atoms with E-state index >= 15 is 0 Å². The van der Waals surface area contributed by atoms with Gasteiger partial charge in [-0.2, -0.15) is 0 Å². The summed E-state index contributed by atoms with van der Waals surface area (Å²) in [5, 5.41) is 16.8. The molecule has 0 radical (unpaired) electrons. The fraction of sp³-hybridized carbons (Fsp3) is 0.385. The maximum Gasteiger partial charge on any atom is 0.336 e. The molecule has 1 N–H and O–H groups in total. The lowest BCUT2D eigenvalue weighted by Gasteiger charge is -2.36. The second-order valence-corrected chi connectivity index (χ2v) is 10.1. The number of carbonyl (C=O) groups is 2. The van der Waals surface area contributed by atoms with Crippen LogP contribution in [0.25, 0.3) is 0 Å². The number of nitrogens with one attached hydrogen (secondary N) is 1. The van der Waals surface area contributed by atoms with Crippen LogP contribution in [0.4, 0.5) is 5.69 Å². The largest absolute Gasteiger partial charge is 0.459 e. The Balaban J connectivity index is 1.53. The van der Waals surface area contributed by atoms with E-state index in [-0.39, 0.29) is 30.1 Å². The number of ketones is 1. The van der Waals surface area contributed by atoms with E-state index in [0.717, 1.165) is 23.4 Å². The van der Waals surface area contributed by atoms with Crippen LogP contribution in [0.3, 0.4) is 0 Å². The summed E-state index contributed by atoms with van der Waals surface area (Å²) in [5.74, 6) is -1.28. The Morgan fingerprint density at radius 1 is 1.29 bits per heavy atom. The lowest BCUT2D eigenvalue weighted by atomic mass is 9.72. The molecule has 182 valence electrons. The molecule has 3 aliphatic rings. The van der Waals surface area contributed by atoms with Crippen LogP contribution in [-0.2, 0) is 19.1 Å². The zero-order chi connectivity index (χ0) is 24.5. The van der Waals surface area contributed by atoms with Crippen molar-refractivity contribution in [2.24, 2.45) is 0 Å². The Morgan fingerprint density at radius 3 is 2.86 bits per heavy atom. The summed E-state index contributed by atoms with van der Waals surface area (Å²) in [7, 11) is 0. The molecule has 1 aromatic carbocycles. The molecule has 3 heterocycles. The number of rotatable bonds is 6. The first kappa shape index (κ1) is 23.4. The summed E-state index contributed by atoms with van der Waals surface area (Å²) < 4.78 is 11.2. The van der Waals surface area contributed by atoms with Gasteiger partial charge in [0.25, 0.3) is 5.69 Å². The van der Waals surface area contributed by atoms with Crippen LogP contribution < -0.4 is 5.32 Å². The second-order valence-electron chi connectivity index (χ2n) is 9.12. The number of carbonyl (C=O) groups excluding carboxylic acids is 2. The maximum atomic E-state index is 13.6. The van der Waals surface area contributed by atoms with Crippen LogP contribution in [0.2, 0.25) is 0 Å². The van der Waals surface area contributed by atoms with E-state index < -0.39 is 16.8 Å². The number of Topliss-reactive ketones (excluding diaryl/α,β-unsaturated/α-hetero) is 1. The SMILES string of the molecule is CC1=C(C(=O)OC[C@H]2CCCO2)[C@@H](c2cccc([N+](=O)[O-])c2)C2=C(C[C@@H](c3cccs3)CC2=O)N1. The summed E-state index contributed by atoms with van der Waals surface area (Å²) >= 11 is 1.62. The van der Waals surface area contributed by atoms with Gasteiger partial charge in [0.15, 0.2) is 5.78 Å². The van der Waals surface area contributed by atoms with Gasteiger partial charge in [-0.05, 0) is 43.2 Å². The minimum absolute atomic E-state index is 0.0559. The number of dihydropyridines is 1. The van der Waals surface area contributed by atoms with Gasteiger partial charge < -0.3 is 14.8 Å². The predicted octanol–water partition coefficient (Wildman–Crippen LogP) is 4.74. The van der Waals surface area contributed by atoms with Crippen LogP contribution in [0.15, 0.2) is 64.3 Å². The van der Waals surface area contributed by atoms with Crippen LogP contribution in [-0.4, -0.2) is 36.0 Å². The average Bonchev–Trinajstić information content (AvgIpc) is 3.56. The molecule has 1 aliphatic carbocycles. The molecule has 5 rings (SSSR count). The van der Waals surface area contributed by atoms with Crippen molar-refractivity contribution in [2.45, 2.75) is 50.5 Å². The maximum absolute atomic E-state index is 13.6. The summed E-state index contributed by atoms with van der Waals surface area (Å²) in [4.78, 5) is 39.1. The van der Waals surface area contributed by atoms with Crippen molar-refractivity contribution in [2.75, 3.05) is 13.2 Å². The van der Waals surface area contributed by atoms with Gasteiger partial charge in [-0.15, -0.1) is 11.3 Å². The highest BCUT2D eigenvalue weighted by Gasteiger charge is 2.42. The number of non-ortho nitro benzene ring substituents is 1. The van der Waals surface area contributed by atoms with Crippen LogP contribution >= 0.6 is 11.3 Å². The number of nitro groups is 1. The minimum Gasteiger partial charge on any atom is -0.459 e. The zero-order valence-electron chi connectivity index (χ0n) is 19.3. The molecule has 2 aromatic rings. The summed E-state index contributed by atoms with van der Waals surface area (Å²) in [5.41, 5.74) is 2.60. The molecule has 3 atom stereocenters. The third-order valence-corrected chi connectivity index (χ3v) is 7.87. The third-order valence-electron chi connectivity index (χ3n) is 6.83. The monoisotopic (exact) mass is 494 g/mol. The van der Waals surface area contributed by atoms with Crippen molar-refractivity contribution in [3.8, 4) is 0 Å². The highest BCUT2D eigenvalue weighted by atomic mass is 32.1. The van der Waals surface area contributed by atoms with Crippen LogP contribution in [0.5, 0.6) is 0 Å². The van der Waals surface area contributed by atoms with Gasteiger partial charge in [0.05, 0.1) is 16.6 Å². The van der Waals surface area contributed by atoms with Crippen molar-refractivity contribution in [3.63, 3.8) is 0 Å². The first-order valence-electron chi connectivity index (χ1n) is 11.7. The molecule has 1 aromatic heterocycles. The summed E-state index contributed by atoms with van der Waals surface area (Å²) in [6.07, 6.45) is 2.57. The first-order valence-corrected chi connectivity index (χ1v) is 12.6. The fourth-order valence-corrected chi connectivity index (χ4v) is 6.04. The Kier molecular flexibility index (Phi) is 6.53. The third kappa shape index (κ3) is 4.66. The second kappa shape index (κ2) is 9.75. The van der Waals surface area contributed by atoms with Crippen LogP contribution in [0.1, 0.15) is 54.9 Å². The number of esters is 1. The summed E-state index contributed by atoms with van der Waals surface area (Å²) in [6, 6.07) is 10.2. The highest BCUT2D eigenvalue weighted by Crippen LogP contribution is 2.46. The molecule has 0 spiro atoms. The number of ether oxygens (including phenoxy) is 2. The molecule has 1 saturated heterocycles. The average molecular weight is 495 g/mol. The molecule has 0 amide bonds. The van der Waals surface area contributed by atoms with Crippen LogP contribution in [0, 0.1) is 10.1 Å². The molecule has 35 heavy (non-hydrogen) atoms. The number of allylic oxidation sites excluding steroid dienone is 3. The van der Waals surface area contributed by atoms with Crippen molar-refractivity contribution in [1.82, 2.24) is 5.32 Å². The number of nitrogens with zero attached hydrogens (tertiary/aromatic N) is 1. The molecular weight excluding hydrogens is 468 g/mol. The Hall–Kier alpha value is -3.30. The van der Waals surface area contributed by atoms with Gasteiger partial charge in [-0.1, -0.05) is 18.2 Å². The van der Waals surface area contributed by atoms with Crippen molar-refractivity contribution in [3.05, 3.63) is 84.9 Å². The Morgan fingerprint density at radius 2 is 2.14 bits per heavy atom. The number of nitro benzene ring substituents is 1. The van der Waals surface area contributed by atoms with Gasteiger partial charge in [-0.25, -0.2) is 4.79 Å². The standard InChI is InChI=1S/C26H26N2O6S/c1-15-23(26(30)34-14-19-7-3-9-33-19)24(16-5-2-6-18(11-16)28(31)32)25-20(27-15)12-17(13-21(25)29)22-8-4-10-35-22/h2,4-6,8,10-11,17,19,24,27H,3,7,9,12-14H2,1H3/t17-,19-,24-/m1/s1. The van der Waals surface area contributed by atoms with E-state index in [1.807, 2.05) is 17.5 Å². The smallest absolute Gasteiger partial charge is 0.336 e. The van der Waals surface area contributed by atoms with Crippen molar-refractivity contribution in [1.29, 1.82) is 0 Å². The number of thiophene rings is 1. The van der Waals surface area contributed by atoms with E-state index in [1.54, 1.807) is 30.4 Å². The summed E-state index contributed by atoms with van der Waals surface area (Å²) in [6.45, 7) is 2.57. The van der Waals surface area contributed by atoms with E-state index in [2.05, 4.69) is 5.32 Å². The molecule has 2 aliphatic heterocycles. The topological polar surface area (TPSA) is 108 Å². The number of benzene rings is 1. The quantitative estimate of drug-likeness (QED) is 0.351. The van der Waals surface area contributed by atoms with E-state index in [1.165, 1.54) is 12.1 Å². The zero-order valence-corrected chi connectivity index (χ0v) is 20.1. The molecule has 8 nitrogen and oxygen atoms in total. The normalized spacial score (nSPS) is 24.3. The lowest BCUT2D eigenvalue weighted by molar-refractivity contribution is -0.384. The van der Waals surface area contributed by atoms with E-state index in [9.17, 15) is 19.7 Å². The fourth-order valence-electron chi connectivity index (χ4n) is 5.21. The van der Waals surface area contributed by atoms with Gasteiger partial charge in [0, 0.05) is 58.8 Å². The van der Waals surface area contributed by atoms with Gasteiger partial charge in [0.1, 0.15) is 6.61 Å². The Bertz CT molecular complexity index is 1230. The van der Waals surface area contributed by atoms with Crippen molar-refractivity contribution < 1.29 is 24.0 Å². The van der Waals surface area contributed by atoms with E-state index in [4.69, 9.17) is 9.47 Å². The lowest BCUT2D eigenvalue weighted by Crippen LogP contribution is -2.36. The minimum atomic E-state index is -0.736. The van der Waals surface area contributed by atoms with Gasteiger partial charge in [0.2, 0.25) is 0 Å². The molecule has 0 unspecified atom stereocenters. The Labute approximate surface area is 206 Å². The molecule has 1 fully saturated rings. The molecular formula is C26H26N2O6S. The number of hydrogen-bond acceptors (Lipinski definition) is 8. The highest BCUT2D eigenvalue weighted by molar-refractivity contribution is 7.10. The molecule has 0 bridgehead atoms. The van der Waals surface area contributed by atoms with E-state index in [0.29, 0.717) is 41.9 Å². The first-order chi connectivity index (χ1) is 16.9. The number of hydrogen-bond donors (Lipinski definition) is 1. The van der Waals surface area contributed by atoms with Gasteiger partial charge >= 0.3 is 5.97 Å². The van der Waals surface area contributed by atoms with Crippen molar-refractivity contribution >= 4 is 28.8 Å². The molecule has 0 saturated carbocycles. The van der Waals surface area contributed by atoms with Gasteiger partial charge in [-0.3, -0.25) is 14.9 Å². The predicted molar refractivity (Wildman–Crippen MR) is 130 cm³/mol. The molecule has 9 heteroatoms.